The van der Waals surface area contributed by atoms with Crippen molar-refractivity contribution in [1.29, 1.82) is 0 Å². The van der Waals surface area contributed by atoms with E-state index in [1.54, 1.807) is 0 Å². The van der Waals surface area contributed by atoms with Gasteiger partial charge in [-0.2, -0.15) is 0 Å². The Morgan fingerprint density at radius 3 is 2.31 bits per heavy atom. The maximum atomic E-state index is 2.21. The molecule has 1 aromatic carbocycles. The third-order valence-corrected chi connectivity index (χ3v) is 1.96. The first kappa shape index (κ1) is 9.93. The second-order valence-electron chi connectivity index (χ2n) is 3.00. The van der Waals surface area contributed by atoms with Crippen LogP contribution in [0.3, 0.4) is 0 Å². The molecule has 0 aliphatic carbocycles. The minimum Gasteiger partial charge on any atom is -0.361 e. The maximum Gasteiger partial charge on any atom is 0.0938 e. The first-order valence-corrected chi connectivity index (χ1v) is 4.06. The van der Waals surface area contributed by atoms with Gasteiger partial charge in [0, 0.05) is 25.1 Å². The van der Waals surface area contributed by atoms with E-state index in [1.165, 1.54) is 5.69 Å². The van der Waals surface area contributed by atoms with Crippen molar-refractivity contribution in [3.05, 3.63) is 42.7 Å². The van der Waals surface area contributed by atoms with E-state index in [-0.39, 0.29) is 12.4 Å². The highest BCUT2D eigenvalue weighted by Gasteiger charge is 2.08. The van der Waals surface area contributed by atoms with E-state index in [0.717, 1.165) is 6.67 Å². The Morgan fingerprint density at radius 2 is 1.77 bits per heavy atom. The van der Waals surface area contributed by atoms with E-state index < -0.39 is 0 Å². The van der Waals surface area contributed by atoms with Crippen LogP contribution >= 0.6 is 12.4 Å². The lowest BCUT2D eigenvalue weighted by Crippen LogP contribution is -2.21. The molecule has 70 valence electrons. The molecule has 1 heterocycles. The van der Waals surface area contributed by atoms with Crippen LogP contribution in [-0.4, -0.2) is 18.6 Å². The van der Waals surface area contributed by atoms with E-state index >= 15 is 0 Å². The number of nitrogens with zero attached hydrogens (tertiary/aromatic N) is 2. The molecule has 2 nitrogen and oxygen atoms in total. The molecule has 0 radical (unpaired) electrons. The first-order valence-electron chi connectivity index (χ1n) is 4.06. The average molecular weight is 197 g/mol. The van der Waals surface area contributed by atoms with Crippen molar-refractivity contribution in [3.8, 4) is 0 Å². The van der Waals surface area contributed by atoms with E-state index in [1.807, 2.05) is 6.07 Å². The van der Waals surface area contributed by atoms with Crippen LogP contribution in [0.15, 0.2) is 42.7 Å². The van der Waals surface area contributed by atoms with Crippen molar-refractivity contribution in [2.75, 3.05) is 18.6 Å². The Kier molecular flexibility index (Phi) is 3.20. The lowest BCUT2D eigenvalue weighted by atomic mass is 10.3. The van der Waals surface area contributed by atoms with Gasteiger partial charge < -0.3 is 9.80 Å². The lowest BCUT2D eigenvalue weighted by molar-refractivity contribution is 0.496. The molecule has 1 aliphatic heterocycles. The fraction of sp³-hybridized carbons (Fsp3) is 0.200. The summed E-state index contributed by atoms with van der Waals surface area (Å²) in [5.74, 6) is 0. The summed E-state index contributed by atoms with van der Waals surface area (Å²) < 4.78 is 0. The fourth-order valence-electron chi connectivity index (χ4n) is 1.32. The van der Waals surface area contributed by atoms with E-state index in [2.05, 4.69) is 53.5 Å². The Labute approximate surface area is 84.9 Å². The molecule has 0 spiro atoms. The summed E-state index contributed by atoms with van der Waals surface area (Å²) in [5.41, 5.74) is 1.25. The molecule has 0 atom stereocenters. The van der Waals surface area contributed by atoms with Crippen LogP contribution in [0.25, 0.3) is 0 Å². The van der Waals surface area contributed by atoms with Gasteiger partial charge in [0.15, 0.2) is 0 Å². The van der Waals surface area contributed by atoms with Crippen LogP contribution in [0, 0.1) is 0 Å². The standard InChI is InChI=1S/C10H12N2.ClH/c1-11-7-8-12(9-11)10-5-3-2-4-6-10;/h2-8H,9H2,1H3;1H. The maximum absolute atomic E-state index is 2.21. The summed E-state index contributed by atoms with van der Waals surface area (Å²) in [5, 5.41) is 0. The Morgan fingerprint density at radius 1 is 1.08 bits per heavy atom. The predicted molar refractivity (Wildman–Crippen MR) is 57.9 cm³/mol. The monoisotopic (exact) mass is 196 g/mol. The van der Waals surface area contributed by atoms with Gasteiger partial charge in [0.2, 0.25) is 0 Å². The molecule has 3 heteroatoms. The molecule has 0 fully saturated rings. The summed E-state index contributed by atoms with van der Waals surface area (Å²) in [4.78, 5) is 4.35. The zero-order chi connectivity index (χ0) is 8.39. The largest absolute Gasteiger partial charge is 0.361 e. The number of halogens is 1. The van der Waals surface area contributed by atoms with Crippen molar-refractivity contribution < 1.29 is 0 Å². The predicted octanol–water partition coefficient (Wildman–Crippen LogP) is 2.29. The van der Waals surface area contributed by atoms with E-state index in [9.17, 15) is 0 Å². The molecule has 0 saturated carbocycles. The van der Waals surface area contributed by atoms with E-state index in [4.69, 9.17) is 0 Å². The van der Waals surface area contributed by atoms with Crippen LogP contribution < -0.4 is 4.90 Å². The number of benzene rings is 1. The summed E-state index contributed by atoms with van der Waals surface area (Å²) in [6.07, 6.45) is 4.17. The number of para-hydroxylation sites is 1. The highest BCUT2D eigenvalue weighted by molar-refractivity contribution is 5.85. The van der Waals surface area contributed by atoms with Gasteiger partial charge in [0.1, 0.15) is 0 Å². The molecule has 0 aromatic heterocycles. The molecule has 2 rings (SSSR count). The Hall–Kier alpha value is -1.15. The molecule has 0 amide bonds. The molecule has 0 saturated heterocycles. The number of rotatable bonds is 1. The highest BCUT2D eigenvalue weighted by Crippen LogP contribution is 2.16. The average Bonchev–Trinajstić information content (AvgIpc) is 2.54. The molecule has 0 unspecified atom stereocenters. The molecule has 1 aromatic rings. The second kappa shape index (κ2) is 4.19. The fourth-order valence-corrected chi connectivity index (χ4v) is 1.32. The van der Waals surface area contributed by atoms with Crippen LogP contribution in [0.1, 0.15) is 0 Å². The van der Waals surface area contributed by atoms with E-state index in [0.29, 0.717) is 0 Å². The first-order chi connectivity index (χ1) is 5.86. The van der Waals surface area contributed by atoms with Crippen LogP contribution in [0.5, 0.6) is 0 Å². The van der Waals surface area contributed by atoms with Crippen LogP contribution in [0.4, 0.5) is 5.69 Å². The number of anilines is 1. The Bertz CT molecular complexity index is 284. The summed E-state index contributed by atoms with van der Waals surface area (Å²) in [7, 11) is 2.07. The SMILES string of the molecule is CN1C=CN(c2ccccc2)C1.Cl. The van der Waals surface area contributed by atoms with Crippen molar-refractivity contribution in [3.63, 3.8) is 0 Å². The summed E-state index contributed by atoms with van der Waals surface area (Å²) in [6.45, 7) is 0.948. The molecular formula is C10H13ClN2. The third kappa shape index (κ3) is 2.16. The number of hydrogen-bond acceptors (Lipinski definition) is 2. The van der Waals surface area contributed by atoms with Gasteiger partial charge in [-0.15, -0.1) is 12.4 Å². The van der Waals surface area contributed by atoms with Gasteiger partial charge in [0.25, 0.3) is 0 Å². The quantitative estimate of drug-likeness (QED) is 0.680. The normalized spacial score (nSPS) is 14.5. The summed E-state index contributed by atoms with van der Waals surface area (Å²) >= 11 is 0. The lowest BCUT2D eigenvalue weighted by Gasteiger charge is -2.17. The minimum atomic E-state index is 0. The molecule has 0 N–H and O–H groups in total. The topological polar surface area (TPSA) is 6.48 Å². The molecular weight excluding hydrogens is 184 g/mol. The smallest absolute Gasteiger partial charge is 0.0938 e. The van der Waals surface area contributed by atoms with Gasteiger partial charge in [-0.05, 0) is 12.1 Å². The summed E-state index contributed by atoms with van der Waals surface area (Å²) in [6, 6.07) is 10.4. The van der Waals surface area contributed by atoms with Gasteiger partial charge in [-0.1, -0.05) is 18.2 Å². The Balaban J connectivity index is 0.000000845. The number of hydrogen-bond donors (Lipinski definition) is 0. The van der Waals surface area contributed by atoms with Gasteiger partial charge in [-0.25, -0.2) is 0 Å². The third-order valence-electron chi connectivity index (χ3n) is 1.96. The van der Waals surface area contributed by atoms with Gasteiger partial charge >= 0.3 is 0 Å². The van der Waals surface area contributed by atoms with Crippen LogP contribution in [0.2, 0.25) is 0 Å². The zero-order valence-corrected chi connectivity index (χ0v) is 8.37. The second-order valence-corrected chi connectivity index (χ2v) is 3.00. The van der Waals surface area contributed by atoms with Crippen molar-refractivity contribution in [2.24, 2.45) is 0 Å². The zero-order valence-electron chi connectivity index (χ0n) is 7.55. The van der Waals surface area contributed by atoms with Crippen LogP contribution in [-0.2, 0) is 0 Å². The van der Waals surface area contributed by atoms with Gasteiger partial charge in [0.05, 0.1) is 6.67 Å². The molecule has 1 aliphatic rings. The highest BCUT2D eigenvalue weighted by atomic mass is 35.5. The van der Waals surface area contributed by atoms with Crippen molar-refractivity contribution in [2.45, 2.75) is 0 Å². The van der Waals surface area contributed by atoms with Crippen molar-refractivity contribution >= 4 is 18.1 Å². The minimum absolute atomic E-state index is 0. The van der Waals surface area contributed by atoms with Gasteiger partial charge in [-0.3, -0.25) is 0 Å². The van der Waals surface area contributed by atoms with Crippen molar-refractivity contribution in [1.82, 2.24) is 4.90 Å². The molecule has 13 heavy (non-hydrogen) atoms. The molecule has 0 bridgehead atoms.